The first-order chi connectivity index (χ1) is 8.04. The van der Waals surface area contributed by atoms with Crippen molar-refractivity contribution in [2.45, 2.75) is 44.7 Å². The van der Waals surface area contributed by atoms with E-state index in [-0.39, 0.29) is 11.9 Å². The molecule has 0 radical (unpaired) electrons. The molecule has 1 saturated heterocycles. The van der Waals surface area contributed by atoms with E-state index < -0.39 is 12.1 Å². The zero-order chi connectivity index (χ0) is 12.8. The Balaban J connectivity index is 2.59. The van der Waals surface area contributed by atoms with E-state index in [1.54, 1.807) is 4.90 Å². The van der Waals surface area contributed by atoms with Crippen LogP contribution in [0.1, 0.15) is 32.6 Å². The third kappa shape index (κ3) is 4.22. The van der Waals surface area contributed by atoms with Crippen molar-refractivity contribution in [3.05, 3.63) is 0 Å². The average molecular weight is 242 g/mol. The average Bonchev–Trinajstić information content (AvgIpc) is 2.27. The van der Waals surface area contributed by atoms with Gasteiger partial charge in [0, 0.05) is 19.1 Å². The molecule has 0 aromatic heterocycles. The van der Waals surface area contributed by atoms with Crippen LogP contribution < -0.4 is 16.8 Å². The molecule has 0 bridgehead atoms. The molecule has 98 valence electrons. The van der Waals surface area contributed by atoms with Crippen LogP contribution in [0.3, 0.4) is 0 Å². The van der Waals surface area contributed by atoms with Gasteiger partial charge in [0.1, 0.15) is 6.04 Å². The number of nitrogens with one attached hydrogen (secondary N) is 1. The highest BCUT2D eigenvalue weighted by Crippen LogP contribution is 2.11. The molecule has 1 fully saturated rings. The van der Waals surface area contributed by atoms with Crippen LogP contribution in [0.5, 0.6) is 0 Å². The summed E-state index contributed by atoms with van der Waals surface area (Å²) in [6.07, 6.45) is 3.29. The Labute approximate surface area is 102 Å². The van der Waals surface area contributed by atoms with E-state index in [9.17, 15) is 9.59 Å². The molecule has 1 unspecified atom stereocenters. The van der Waals surface area contributed by atoms with Crippen LogP contribution in [0.4, 0.5) is 4.79 Å². The first-order valence-electron chi connectivity index (χ1n) is 6.15. The second kappa shape index (κ2) is 6.44. The topological polar surface area (TPSA) is 101 Å². The number of hydrogen-bond donors (Lipinski definition) is 3. The minimum absolute atomic E-state index is 0.0450. The molecule has 1 rings (SSSR count). The summed E-state index contributed by atoms with van der Waals surface area (Å²) in [6.45, 7) is 3.25. The van der Waals surface area contributed by atoms with Crippen molar-refractivity contribution in [3.63, 3.8) is 0 Å². The van der Waals surface area contributed by atoms with Gasteiger partial charge in [-0.05, 0) is 19.3 Å². The van der Waals surface area contributed by atoms with Gasteiger partial charge in [0.2, 0.25) is 5.91 Å². The van der Waals surface area contributed by atoms with E-state index in [4.69, 9.17) is 11.5 Å². The smallest absolute Gasteiger partial charge is 0.312 e. The summed E-state index contributed by atoms with van der Waals surface area (Å²) in [4.78, 5) is 24.7. The fourth-order valence-electron chi connectivity index (χ4n) is 2.15. The van der Waals surface area contributed by atoms with Gasteiger partial charge in [0.05, 0.1) is 0 Å². The number of nitrogens with two attached hydrogens (primary N) is 2. The van der Waals surface area contributed by atoms with Crippen LogP contribution in [-0.2, 0) is 4.79 Å². The number of rotatable bonds is 4. The number of amides is 3. The molecule has 1 aliphatic heterocycles. The summed E-state index contributed by atoms with van der Waals surface area (Å²) in [5.74, 6) is -0.0687. The molecule has 3 amide bonds. The van der Waals surface area contributed by atoms with Crippen LogP contribution in [0.25, 0.3) is 0 Å². The Hall–Kier alpha value is -1.30. The molecule has 5 N–H and O–H groups in total. The SMILES string of the molecule is CCC[C@@H](NC(N)=O)C(=O)N1CCCC(N)C1. The van der Waals surface area contributed by atoms with Crippen LogP contribution in [0.2, 0.25) is 0 Å². The zero-order valence-corrected chi connectivity index (χ0v) is 10.3. The largest absolute Gasteiger partial charge is 0.352 e. The number of piperidine rings is 1. The lowest BCUT2D eigenvalue weighted by atomic mass is 10.0. The molecule has 0 saturated carbocycles. The summed E-state index contributed by atoms with van der Waals surface area (Å²) < 4.78 is 0. The minimum atomic E-state index is -0.655. The molecule has 1 aliphatic rings. The van der Waals surface area contributed by atoms with Gasteiger partial charge in [-0.3, -0.25) is 4.79 Å². The number of carbonyl (C=O) groups is 2. The molecule has 2 atom stereocenters. The van der Waals surface area contributed by atoms with Crippen molar-refractivity contribution < 1.29 is 9.59 Å². The number of primary amides is 1. The van der Waals surface area contributed by atoms with Crippen LogP contribution in [0, 0.1) is 0 Å². The molecule has 6 heteroatoms. The molecule has 0 spiro atoms. The van der Waals surface area contributed by atoms with Crippen molar-refractivity contribution in [1.29, 1.82) is 0 Å². The van der Waals surface area contributed by atoms with Gasteiger partial charge in [-0.1, -0.05) is 13.3 Å². The maximum Gasteiger partial charge on any atom is 0.312 e. The van der Waals surface area contributed by atoms with Crippen molar-refractivity contribution in [3.8, 4) is 0 Å². The third-order valence-corrected chi connectivity index (χ3v) is 2.96. The van der Waals surface area contributed by atoms with E-state index in [2.05, 4.69) is 5.32 Å². The minimum Gasteiger partial charge on any atom is -0.352 e. The number of likely N-dealkylation sites (tertiary alicyclic amines) is 1. The summed E-state index contributed by atoms with van der Waals surface area (Å²) in [5, 5.41) is 2.50. The predicted octanol–water partition coefficient (Wildman–Crippen LogP) is -0.227. The highest BCUT2D eigenvalue weighted by Gasteiger charge is 2.27. The number of nitrogens with zero attached hydrogens (tertiary/aromatic N) is 1. The fraction of sp³-hybridized carbons (Fsp3) is 0.818. The van der Waals surface area contributed by atoms with Gasteiger partial charge >= 0.3 is 6.03 Å². The molecule has 0 aromatic carbocycles. The molecule has 6 nitrogen and oxygen atoms in total. The Morgan fingerprint density at radius 2 is 2.24 bits per heavy atom. The molecular weight excluding hydrogens is 220 g/mol. The van der Waals surface area contributed by atoms with E-state index in [1.165, 1.54) is 0 Å². The Morgan fingerprint density at radius 1 is 1.53 bits per heavy atom. The monoisotopic (exact) mass is 242 g/mol. The summed E-state index contributed by atoms with van der Waals surface area (Å²) >= 11 is 0. The normalized spacial score (nSPS) is 22.0. The van der Waals surface area contributed by atoms with Crippen molar-refractivity contribution >= 4 is 11.9 Å². The van der Waals surface area contributed by atoms with Crippen LogP contribution in [0.15, 0.2) is 0 Å². The van der Waals surface area contributed by atoms with Crippen molar-refractivity contribution in [1.82, 2.24) is 10.2 Å². The third-order valence-electron chi connectivity index (χ3n) is 2.96. The lowest BCUT2D eigenvalue weighted by Gasteiger charge is -2.33. The fourth-order valence-corrected chi connectivity index (χ4v) is 2.15. The summed E-state index contributed by atoms with van der Waals surface area (Å²) in [5.41, 5.74) is 10.9. The Morgan fingerprint density at radius 3 is 2.76 bits per heavy atom. The van der Waals surface area contributed by atoms with Gasteiger partial charge in [-0.25, -0.2) is 4.79 Å². The van der Waals surface area contributed by atoms with Crippen molar-refractivity contribution in [2.24, 2.45) is 11.5 Å². The molecule has 0 aromatic rings. The summed E-state index contributed by atoms with van der Waals surface area (Å²) in [7, 11) is 0. The second-order valence-corrected chi connectivity index (χ2v) is 4.54. The van der Waals surface area contributed by atoms with E-state index >= 15 is 0 Å². The first-order valence-corrected chi connectivity index (χ1v) is 6.15. The van der Waals surface area contributed by atoms with E-state index in [0.717, 1.165) is 19.3 Å². The van der Waals surface area contributed by atoms with Gasteiger partial charge in [-0.2, -0.15) is 0 Å². The van der Waals surface area contributed by atoms with Crippen molar-refractivity contribution in [2.75, 3.05) is 13.1 Å². The highest BCUT2D eigenvalue weighted by atomic mass is 16.2. The zero-order valence-electron chi connectivity index (χ0n) is 10.3. The van der Waals surface area contributed by atoms with Crippen LogP contribution in [-0.4, -0.2) is 42.0 Å². The molecule has 1 heterocycles. The van der Waals surface area contributed by atoms with Crippen LogP contribution >= 0.6 is 0 Å². The lowest BCUT2D eigenvalue weighted by molar-refractivity contribution is -0.134. The molecule has 17 heavy (non-hydrogen) atoms. The molecular formula is C11H22N4O2. The number of hydrogen-bond acceptors (Lipinski definition) is 3. The summed E-state index contributed by atoms with van der Waals surface area (Å²) in [6, 6.07) is -1.12. The van der Waals surface area contributed by atoms with Gasteiger partial charge in [0.25, 0.3) is 0 Å². The number of urea groups is 1. The quantitative estimate of drug-likeness (QED) is 0.634. The predicted molar refractivity (Wildman–Crippen MR) is 65.2 cm³/mol. The Kier molecular flexibility index (Phi) is 5.21. The Bertz CT molecular complexity index is 283. The standard InChI is InChI=1S/C11H22N4O2/c1-2-4-9(14-11(13)17)10(16)15-6-3-5-8(12)7-15/h8-9H,2-7,12H2,1H3,(H3,13,14,17)/t8?,9-/m1/s1. The maximum atomic E-state index is 12.2. The number of carbonyl (C=O) groups excluding carboxylic acids is 2. The van der Waals surface area contributed by atoms with E-state index in [1.807, 2.05) is 6.92 Å². The highest BCUT2D eigenvalue weighted by molar-refractivity contribution is 5.86. The van der Waals surface area contributed by atoms with Gasteiger partial charge in [0.15, 0.2) is 0 Å². The molecule has 0 aliphatic carbocycles. The lowest BCUT2D eigenvalue weighted by Crippen LogP contribution is -2.54. The maximum absolute atomic E-state index is 12.2. The van der Waals surface area contributed by atoms with Gasteiger partial charge in [-0.15, -0.1) is 0 Å². The second-order valence-electron chi connectivity index (χ2n) is 4.54. The first kappa shape index (κ1) is 13.8. The van der Waals surface area contributed by atoms with E-state index in [0.29, 0.717) is 19.5 Å². The van der Waals surface area contributed by atoms with Gasteiger partial charge < -0.3 is 21.7 Å².